The topological polar surface area (TPSA) is 97.2 Å². The summed E-state index contributed by atoms with van der Waals surface area (Å²) in [7, 11) is 1.80. The maximum absolute atomic E-state index is 14.6. The number of hydrogen-bond donors (Lipinski definition) is 0. The minimum atomic E-state index is -0.616. The summed E-state index contributed by atoms with van der Waals surface area (Å²) in [6.45, 7) is 8.76. The summed E-state index contributed by atoms with van der Waals surface area (Å²) in [5, 5.41) is 0. The van der Waals surface area contributed by atoms with E-state index in [2.05, 4.69) is 4.57 Å². The number of aromatic nitrogens is 2. The molecule has 3 amide bonds. The van der Waals surface area contributed by atoms with Crippen LogP contribution in [0.3, 0.4) is 0 Å². The molecule has 1 saturated heterocycles. The van der Waals surface area contributed by atoms with E-state index in [1.54, 1.807) is 23.2 Å². The van der Waals surface area contributed by atoms with Gasteiger partial charge in [-0.2, -0.15) is 0 Å². The van der Waals surface area contributed by atoms with Crippen molar-refractivity contribution in [3.8, 4) is 11.3 Å². The van der Waals surface area contributed by atoms with Crippen molar-refractivity contribution < 1.29 is 23.9 Å². The predicted molar refractivity (Wildman–Crippen MR) is 177 cm³/mol. The van der Waals surface area contributed by atoms with E-state index in [-0.39, 0.29) is 36.2 Å². The lowest BCUT2D eigenvalue weighted by atomic mass is 9.88. The number of carbonyl (C=O) groups is 3. The number of benzene rings is 2. The summed E-state index contributed by atoms with van der Waals surface area (Å²) in [5.41, 5.74) is 2.47. The van der Waals surface area contributed by atoms with Crippen LogP contribution >= 0.6 is 0 Å². The van der Waals surface area contributed by atoms with E-state index in [0.29, 0.717) is 38.4 Å². The van der Waals surface area contributed by atoms with Gasteiger partial charge in [-0.15, -0.1) is 0 Å². The van der Waals surface area contributed by atoms with Crippen molar-refractivity contribution in [1.82, 2.24) is 24.3 Å². The summed E-state index contributed by atoms with van der Waals surface area (Å²) in [6, 6.07) is 19.5. The highest BCUT2D eigenvalue weighted by Gasteiger charge is 2.39. The Hall–Kier alpha value is -4.34. The van der Waals surface area contributed by atoms with Crippen molar-refractivity contribution >= 4 is 18.1 Å². The highest BCUT2D eigenvalue weighted by atomic mass is 16.6. The quantitative estimate of drug-likeness (QED) is 0.299. The molecule has 0 radical (unpaired) electrons. The Balaban J connectivity index is 1.50. The summed E-state index contributed by atoms with van der Waals surface area (Å²) in [6.07, 6.45) is 5.34. The van der Waals surface area contributed by atoms with Gasteiger partial charge in [0.15, 0.2) is 5.69 Å². The van der Waals surface area contributed by atoms with Crippen molar-refractivity contribution in [2.45, 2.75) is 83.5 Å². The smallest absolute Gasteiger partial charge is 0.410 e. The molecule has 3 aromatic rings. The van der Waals surface area contributed by atoms with E-state index in [0.717, 1.165) is 42.5 Å². The Labute approximate surface area is 272 Å². The number of piperazine rings is 1. The third-order valence-electron chi connectivity index (χ3n) is 8.86. The van der Waals surface area contributed by atoms with Crippen LogP contribution in [-0.4, -0.2) is 93.3 Å². The number of imidazole rings is 1. The van der Waals surface area contributed by atoms with Gasteiger partial charge in [0, 0.05) is 32.2 Å². The van der Waals surface area contributed by atoms with Gasteiger partial charge in [0.2, 0.25) is 0 Å². The fraction of sp³-hybridized carbons (Fsp3) is 0.500. The normalized spacial score (nSPS) is 20.2. The Morgan fingerprint density at radius 3 is 2.30 bits per heavy atom. The molecule has 3 atom stereocenters. The summed E-state index contributed by atoms with van der Waals surface area (Å²) in [4.78, 5) is 50.6. The van der Waals surface area contributed by atoms with Gasteiger partial charge in [-0.05, 0) is 52.5 Å². The standard InChI is InChI=1S/C36H47N5O5/c1-6-45-34(43)38(5)29-19-13-14-20-30(29)41-25-37-31(32(41)27-17-11-8-12-18-27)33(42)40-22-21-39(35(44)46-36(2,3)4)24-28(40)23-26-15-9-7-10-16-26/h7-12,15-18,25,28-30H,6,13-14,19-24H2,1-5H3/t28-,29+,30+/m1/s1. The van der Waals surface area contributed by atoms with Gasteiger partial charge in [0.1, 0.15) is 5.60 Å². The summed E-state index contributed by atoms with van der Waals surface area (Å²) in [5.74, 6) is -0.173. The highest BCUT2D eigenvalue weighted by Crippen LogP contribution is 2.37. The number of likely N-dealkylation sites (N-methyl/N-ethyl adjacent to an activating group) is 1. The van der Waals surface area contributed by atoms with Crippen LogP contribution in [0.15, 0.2) is 67.0 Å². The average Bonchev–Trinajstić information content (AvgIpc) is 3.49. The third kappa shape index (κ3) is 7.54. The fourth-order valence-corrected chi connectivity index (χ4v) is 6.69. The van der Waals surface area contributed by atoms with Crippen LogP contribution in [0.4, 0.5) is 9.59 Å². The zero-order chi connectivity index (χ0) is 32.8. The van der Waals surface area contributed by atoms with E-state index in [4.69, 9.17) is 14.5 Å². The van der Waals surface area contributed by atoms with Crippen LogP contribution in [0.2, 0.25) is 0 Å². The van der Waals surface area contributed by atoms with Gasteiger partial charge < -0.3 is 28.7 Å². The molecular weight excluding hydrogens is 582 g/mol. The Morgan fingerprint density at radius 2 is 1.63 bits per heavy atom. The molecule has 0 N–H and O–H groups in total. The SMILES string of the molecule is CCOC(=O)N(C)[C@H]1CCCC[C@@H]1n1cnc(C(=O)N2CCN(C(=O)OC(C)(C)C)C[C@H]2Cc2ccccc2)c1-c1ccccc1. The number of amides is 3. The number of hydrogen-bond acceptors (Lipinski definition) is 6. The number of carbonyl (C=O) groups excluding carboxylic acids is 3. The van der Waals surface area contributed by atoms with Crippen LogP contribution in [0.25, 0.3) is 11.3 Å². The Morgan fingerprint density at radius 1 is 0.957 bits per heavy atom. The molecule has 0 bridgehead atoms. The second-order valence-electron chi connectivity index (χ2n) is 13.2. The lowest BCUT2D eigenvalue weighted by Crippen LogP contribution is -2.58. The van der Waals surface area contributed by atoms with Gasteiger partial charge >= 0.3 is 12.2 Å². The molecule has 5 rings (SSSR count). The number of nitrogens with zero attached hydrogens (tertiary/aromatic N) is 5. The predicted octanol–water partition coefficient (Wildman–Crippen LogP) is 6.43. The molecule has 246 valence electrons. The van der Waals surface area contributed by atoms with Crippen molar-refractivity contribution in [1.29, 1.82) is 0 Å². The van der Waals surface area contributed by atoms with E-state index in [1.807, 2.05) is 93.3 Å². The van der Waals surface area contributed by atoms with Crippen LogP contribution in [0, 0.1) is 0 Å². The average molecular weight is 630 g/mol. The highest BCUT2D eigenvalue weighted by molar-refractivity contribution is 5.98. The molecule has 1 aliphatic heterocycles. The first-order chi connectivity index (χ1) is 22.1. The summed E-state index contributed by atoms with van der Waals surface area (Å²) >= 11 is 0. The molecule has 2 aliphatic rings. The largest absolute Gasteiger partial charge is 0.450 e. The molecule has 1 aromatic heterocycles. The number of ether oxygens (including phenoxy) is 2. The van der Waals surface area contributed by atoms with Crippen LogP contribution in [-0.2, 0) is 15.9 Å². The maximum atomic E-state index is 14.6. The van der Waals surface area contributed by atoms with Crippen molar-refractivity contribution in [2.24, 2.45) is 0 Å². The molecule has 46 heavy (non-hydrogen) atoms. The van der Waals surface area contributed by atoms with Crippen molar-refractivity contribution in [3.05, 3.63) is 78.2 Å². The first kappa shape index (κ1) is 33.0. The maximum Gasteiger partial charge on any atom is 0.410 e. The lowest BCUT2D eigenvalue weighted by Gasteiger charge is -2.42. The van der Waals surface area contributed by atoms with E-state index in [1.165, 1.54) is 0 Å². The van der Waals surface area contributed by atoms with Crippen molar-refractivity contribution in [3.63, 3.8) is 0 Å². The van der Waals surface area contributed by atoms with Gasteiger partial charge in [-0.25, -0.2) is 14.6 Å². The second kappa shape index (κ2) is 14.4. The van der Waals surface area contributed by atoms with Crippen LogP contribution in [0.5, 0.6) is 0 Å². The van der Waals surface area contributed by atoms with Crippen LogP contribution in [0.1, 0.15) is 75.5 Å². The van der Waals surface area contributed by atoms with Crippen LogP contribution < -0.4 is 0 Å². The molecule has 0 spiro atoms. The first-order valence-corrected chi connectivity index (χ1v) is 16.4. The Kier molecular flexibility index (Phi) is 10.3. The second-order valence-corrected chi connectivity index (χ2v) is 13.2. The van der Waals surface area contributed by atoms with E-state index in [9.17, 15) is 14.4 Å². The monoisotopic (exact) mass is 629 g/mol. The van der Waals surface area contributed by atoms with E-state index >= 15 is 0 Å². The van der Waals surface area contributed by atoms with Gasteiger partial charge in [0.05, 0.1) is 36.8 Å². The minimum absolute atomic E-state index is 0.0726. The lowest BCUT2D eigenvalue weighted by molar-refractivity contribution is 0.00429. The molecule has 2 aromatic carbocycles. The van der Waals surface area contributed by atoms with Gasteiger partial charge in [0.25, 0.3) is 5.91 Å². The Bertz CT molecular complexity index is 1490. The molecule has 2 heterocycles. The third-order valence-corrected chi connectivity index (χ3v) is 8.86. The fourth-order valence-electron chi connectivity index (χ4n) is 6.69. The molecular formula is C36H47N5O5. The molecule has 0 unspecified atom stereocenters. The zero-order valence-corrected chi connectivity index (χ0v) is 27.7. The first-order valence-electron chi connectivity index (χ1n) is 16.4. The molecule has 2 fully saturated rings. The van der Waals surface area contributed by atoms with E-state index < -0.39 is 5.60 Å². The molecule has 1 aliphatic carbocycles. The zero-order valence-electron chi connectivity index (χ0n) is 27.7. The molecule has 10 nitrogen and oxygen atoms in total. The minimum Gasteiger partial charge on any atom is -0.450 e. The van der Waals surface area contributed by atoms with Crippen molar-refractivity contribution in [2.75, 3.05) is 33.3 Å². The number of rotatable bonds is 7. The summed E-state index contributed by atoms with van der Waals surface area (Å²) < 4.78 is 13.2. The van der Waals surface area contributed by atoms with Gasteiger partial charge in [-0.1, -0.05) is 73.5 Å². The molecule has 1 saturated carbocycles. The molecule has 10 heteroatoms. The van der Waals surface area contributed by atoms with Gasteiger partial charge in [-0.3, -0.25) is 4.79 Å².